The van der Waals surface area contributed by atoms with Crippen molar-refractivity contribution in [3.63, 3.8) is 0 Å². The fourth-order valence-corrected chi connectivity index (χ4v) is 3.47. The van der Waals surface area contributed by atoms with Crippen molar-refractivity contribution in [2.24, 2.45) is 11.7 Å². The number of hydrogen-bond donors (Lipinski definition) is 2. The molecule has 0 saturated heterocycles. The van der Waals surface area contributed by atoms with Gasteiger partial charge in [0, 0.05) is 18.8 Å². The second kappa shape index (κ2) is 6.55. The highest BCUT2D eigenvalue weighted by Crippen LogP contribution is 2.38. The van der Waals surface area contributed by atoms with Crippen LogP contribution in [0.2, 0.25) is 0 Å². The molecule has 1 saturated carbocycles. The molecule has 4 heteroatoms. The van der Waals surface area contributed by atoms with Gasteiger partial charge in [-0.2, -0.15) is 0 Å². The summed E-state index contributed by atoms with van der Waals surface area (Å²) < 4.78 is 6.13. The summed E-state index contributed by atoms with van der Waals surface area (Å²) in [7, 11) is 0. The Kier molecular flexibility index (Phi) is 5.00. The molecule has 1 aliphatic carbocycles. The van der Waals surface area contributed by atoms with Gasteiger partial charge in [0.1, 0.15) is 5.82 Å². The molecular weight excluding hydrogens is 250 g/mol. The summed E-state index contributed by atoms with van der Waals surface area (Å²) in [6.45, 7) is 5.07. The Morgan fingerprint density at radius 3 is 3.00 bits per heavy atom. The van der Waals surface area contributed by atoms with Crippen LogP contribution in [-0.4, -0.2) is 23.2 Å². The molecular formula is C16H27N3O. The second-order valence-corrected chi connectivity index (χ2v) is 6.10. The summed E-state index contributed by atoms with van der Waals surface area (Å²) in [5, 5.41) is 0. The summed E-state index contributed by atoms with van der Waals surface area (Å²) in [5.41, 5.74) is 13.2. The first kappa shape index (κ1) is 15.3. The highest BCUT2D eigenvalue weighted by atomic mass is 16.5. The van der Waals surface area contributed by atoms with Crippen LogP contribution >= 0.6 is 0 Å². The van der Waals surface area contributed by atoms with Crippen LogP contribution in [0, 0.1) is 5.92 Å². The number of nitrogen functional groups attached to an aromatic ring is 1. The molecule has 3 unspecified atom stereocenters. The van der Waals surface area contributed by atoms with E-state index >= 15 is 0 Å². The van der Waals surface area contributed by atoms with Crippen LogP contribution in [-0.2, 0) is 11.2 Å². The van der Waals surface area contributed by atoms with E-state index in [4.69, 9.17) is 16.2 Å². The van der Waals surface area contributed by atoms with Crippen LogP contribution < -0.4 is 11.5 Å². The minimum absolute atomic E-state index is 0.00648. The molecule has 4 N–H and O–H groups in total. The third-order valence-corrected chi connectivity index (χ3v) is 4.40. The maximum Gasteiger partial charge on any atom is 0.123 e. The Hall–Kier alpha value is -1.13. The zero-order valence-corrected chi connectivity index (χ0v) is 12.6. The van der Waals surface area contributed by atoms with E-state index in [0.717, 1.165) is 31.4 Å². The predicted octanol–water partition coefficient (Wildman–Crippen LogP) is 2.52. The summed E-state index contributed by atoms with van der Waals surface area (Å²) >= 11 is 0. The average Bonchev–Trinajstić information content (AvgIpc) is 2.39. The SMILES string of the molecule is CCOC1(C(N)Cc2ccnc(N)c2)CCCC(C)C1. The van der Waals surface area contributed by atoms with Gasteiger partial charge in [0.05, 0.1) is 5.60 Å². The second-order valence-electron chi connectivity index (χ2n) is 6.10. The molecule has 0 spiro atoms. The van der Waals surface area contributed by atoms with Crippen molar-refractivity contribution in [1.82, 2.24) is 4.98 Å². The Balaban J connectivity index is 2.12. The fraction of sp³-hybridized carbons (Fsp3) is 0.688. The van der Waals surface area contributed by atoms with E-state index in [2.05, 4.69) is 18.8 Å². The van der Waals surface area contributed by atoms with Gasteiger partial charge in [-0.3, -0.25) is 0 Å². The van der Waals surface area contributed by atoms with E-state index in [1.165, 1.54) is 12.8 Å². The van der Waals surface area contributed by atoms with Crippen LogP contribution in [0.15, 0.2) is 18.3 Å². The van der Waals surface area contributed by atoms with E-state index in [0.29, 0.717) is 11.7 Å². The lowest BCUT2D eigenvalue weighted by Crippen LogP contribution is -2.53. The van der Waals surface area contributed by atoms with Crippen molar-refractivity contribution < 1.29 is 4.74 Å². The number of nitrogens with zero attached hydrogens (tertiary/aromatic N) is 1. The smallest absolute Gasteiger partial charge is 0.123 e. The molecule has 1 heterocycles. The summed E-state index contributed by atoms with van der Waals surface area (Å²) in [4.78, 5) is 4.03. The average molecular weight is 277 g/mol. The molecule has 3 atom stereocenters. The molecule has 2 rings (SSSR count). The molecule has 4 nitrogen and oxygen atoms in total. The molecule has 0 aromatic carbocycles. The number of rotatable bonds is 5. The first-order valence-corrected chi connectivity index (χ1v) is 7.65. The van der Waals surface area contributed by atoms with Crippen molar-refractivity contribution in [2.75, 3.05) is 12.3 Å². The molecule has 1 aromatic rings. The lowest BCUT2D eigenvalue weighted by molar-refractivity contribution is -0.0925. The van der Waals surface area contributed by atoms with Gasteiger partial charge in [-0.1, -0.05) is 19.8 Å². The van der Waals surface area contributed by atoms with Crippen molar-refractivity contribution in [2.45, 2.75) is 57.6 Å². The van der Waals surface area contributed by atoms with Crippen molar-refractivity contribution in [1.29, 1.82) is 0 Å². The number of nitrogens with two attached hydrogens (primary N) is 2. The zero-order chi connectivity index (χ0) is 14.6. The highest BCUT2D eigenvalue weighted by molar-refractivity contribution is 5.32. The maximum absolute atomic E-state index is 6.53. The molecule has 112 valence electrons. The van der Waals surface area contributed by atoms with E-state index in [-0.39, 0.29) is 11.6 Å². The van der Waals surface area contributed by atoms with Crippen molar-refractivity contribution in [3.05, 3.63) is 23.9 Å². The van der Waals surface area contributed by atoms with Gasteiger partial charge in [-0.25, -0.2) is 4.98 Å². The van der Waals surface area contributed by atoms with Gasteiger partial charge in [0.2, 0.25) is 0 Å². The molecule has 0 bridgehead atoms. The van der Waals surface area contributed by atoms with Gasteiger partial charge in [0.15, 0.2) is 0 Å². The topological polar surface area (TPSA) is 74.2 Å². The quantitative estimate of drug-likeness (QED) is 0.867. The van der Waals surface area contributed by atoms with Crippen molar-refractivity contribution in [3.8, 4) is 0 Å². The Morgan fingerprint density at radius 2 is 2.35 bits per heavy atom. The summed E-state index contributed by atoms with van der Waals surface area (Å²) in [5.74, 6) is 1.24. The molecule has 0 amide bonds. The van der Waals surface area contributed by atoms with Gasteiger partial charge in [-0.05, 0) is 49.8 Å². The van der Waals surface area contributed by atoms with Crippen LogP contribution in [0.25, 0.3) is 0 Å². The zero-order valence-electron chi connectivity index (χ0n) is 12.6. The van der Waals surface area contributed by atoms with Gasteiger partial charge in [0.25, 0.3) is 0 Å². The van der Waals surface area contributed by atoms with Gasteiger partial charge < -0.3 is 16.2 Å². The number of hydrogen-bond acceptors (Lipinski definition) is 4. The normalized spacial score (nSPS) is 28.2. The lowest BCUT2D eigenvalue weighted by Gasteiger charge is -2.44. The van der Waals surface area contributed by atoms with Crippen LogP contribution in [0.5, 0.6) is 0 Å². The minimum Gasteiger partial charge on any atom is -0.384 e. The number of anilines is 1. The fourth-order valence-electron chi connectivity index (χ4n) is 3.47. The maximum atomic E-state index is 6.53. The first-order chi connectivity index (χ1) is 9.55. The predicted molar refractivity (Wildman–Crippen MR) is 82.3 cm³/mol. The lowest BCUT2D eigenvalue weighted by atomic mass is 9.73. The van der Waals surface area contributed by atoms with Crippen LogP contribution in [0.1, 0.15) is 45.1 Å². The first-order valence-electron chi connectivity index (χ1n) is 7.65. The van der Waals surface area contributed by atoms with E-state index in [1.54, 1.807) is 6.20 Å². The summed E-state index contributed by atoms with van der Waals surface area (Å²) in [6, 6.07) is 3.90. The van der Waals surface area contributed by atoms with E-state index in [9.17, 15) is 0 Å². The minimum atomic E-state index is -0.176. The number of ether oxygens (including phenoxy) is 1. The molecule has 1 fully saturated rings. The van der Waals surface area contributed by atoms with Crippen LogP contribution in [0.3, 0.4) is 0 Å². The summed E-state index contributed by atoms with van der Waals surface area (Å²) in [6.07, 6.45) is 7.14. The third kappa shape index (κ3) is 3.49. The highest BCUT2D eigenvalue weighted by Gasteiger charge is 2.40. The van der Waals surface area contributed by atoms with Crippen LogP contribution in [0.4, 0.5) is 5.82 Å². The molecule has 1 aliphatic rings. The number of aromatic nitrogens is 1. The molecule has 1 aromatic heterocycles. The molecule has 20 heavy (non-hydrogen) atoms. The van der Waals surface area contributed by atoms with Gasteiger partial charge >= 0.3 is 0 Å². The largest absolute Gasteiger partial charge is 0.384 e. The van der Waals surface area contributed by atoms with Gasteiger partial charge in [-0.15, -0.1) is 0 Å². The number of pyridine rings is 1. The van der Waals surface area contributed by atoms with E-state index in [1.807, 2.05) is 12.1 Å². The molecule has 0 aliphatic heterocycles. The third-order valence-electron chi connectivity index (χ3n) is 4.40. The molecule has 0 radical (unpaired) electrons. The van der Waals surface area contributed by atoms with Crippen molar-refractivity contribution >= 4 is 5.82 Å². The Labute approximate surface area is 121 Å². The Bertz CT molecular complexity index is 433. The monoisotopic (exact) mass is 277 g/mol. The Morgan fingerprint density at radius 1 is 1.55 bits per heavy atom. The van der Waals surface area contributed by atoms with E-state index < -0.39 is 0 Å². The standard InChI is InChI=1S/C16H27N3O/c1-3-20-16(7-4-5-12(2)11-16)14(17)9-13-6-8-19-15(18)10-13/h6,8,10,12,14H,3-5,7,9,11,17H2,1-2H3,(H2,18,19).